The number of aromatic hydroxyl groups is 1. The van der Waals surface area contributed by atoms with E-state index in [2.05, 4.69) is 12.2 Å². The Morgan fingerprint density at radius 1 is 1.39 bits per heavy atom. The minimum absolute atomic E-state index is 0.156. The number of para-hydroxylation sites is 1. The van der Waals surface area contributed by atoms with Gasteiger partial charge in [0.05, 0.1) is 0 Å². The molecule has 2 N–H and O–H groups in total. The van der Waals surface area contributed by atoms with Crippen molar-refractivity contribution < 1.29 is 9.32 Å². The Morgan fingerprint density at radius 2 is 2.06 bits per heavy atom. The standard InChI is InChI=1S/C14H23NO2S/c1-4-13(12-7-5-6-8-14(12)16)15-10-9-11(2)18(3)17/h5-8,11,13,15-16H,4,9-10H2,1-3H3. The van der Waals surface area contributed by atoms with Crippen LogP contribution in [0.15, 0.2) is 24.3 Å². The van der Waals surface area contributed by atoms with Crippen LogP contribution in [0.3, 0.4) is 0 Å². The van der Waals surface area contributed by atoms with Crippen LogP contribution in [-0.2, 0) is 10.8 Å². The number of hydrogen-bond donors (Lipinski definition) is 2. The molecule has 0 aliphatic rings. The maximum Gasteiger partial charge on any atom is 0.120 e. The van der Waals surface area contributed by atoms with E-state index in [9.17, 15) is 9.32 Å². The first-order valence-corrected chi connectivity index (χ1v) is 8.01. The van der Waals surface area contributed by atoms with Crippen LogP contribution < -0.4 is 5.32 Å². The second-order valence-electron chi connectivity index (χ2n) is 4.57. The smallest absolute Gasteiger partial charge is 0.120 e. The van der Waals surface area contributed by atoms with Crippen molar-refractivity contribution in [1.29, 1.82) is 0 Å². The molecule has 1 aromatic carbocycles. The Balaban J connectivity index is 2.53. The van der Waals surface area contributed by atoms with Crippen LogP contribution in [0.4, 0.5) is 0 Å². The molecule has 0 aliphatic carbocycles. The molecule has 3 nitrogen and oxygen atoms in total. The molecule has 0 saturated heterocycles. The summed E-state index contributed by atoms with van der Waals surface area (Å²) in [6, 6.07) is 7.57. The van der Waals surface area contributed by atoms with E-state index in [1.54, 1.807) is 12.3 Å². The second-order valence-corrected chi connectivity index (χ2v) is 6.37. The molecule has 102 valence electrons. The highest BCUT2D eigenvalue weighted by molar-refractivity contribution is 7.84. The first kappa shape index (κ1) is 15.2. The number of rotatable bonds is 7. The summed E-state index contributed by atoms with van der Waals surface area (Å²) in [7, 11) is -0.765. The predicted molar refractivity (Wildman–Crippen MR) is 77.3 cm³/mol. The lowest BCUT2D eigenvalue weighted by molar-refractivity contribution is 0.439. The summed E-state index contributed by atoms with van der Waals surface area (Å²) in [5.41, 5.74) is 0.935. The number of benzene rings is 1. The highest BCUT2D eigenvalue weighted by Gasteiger charge is 2.13. The first-order valence-electron chi connectivity index (χ1n) is 6.39. The molecule has 1 rings (SSSR count). The Kier molecular flexibility index (Phi) is 6.36. The monoisotopic (exact) mass is 269 g/mol. The maximum atomic E-state index is 11.3. The molecule has 0 spiro atoms. The quantitative estimate of drug-likeness (QED) is 0.800. The summed E-state index contributed by atoms with van der Waals surface area (Å²) in [4.78, 5) is 0. The molecule has 3 unspecified atom stereocenters. The van der Waals surface area contributed by atoms with Crippen molar-refractivity contribution in [1.82, 2.24) is 5.32 Å². The molecule has 0 amide bonds. The molecule has 0 saturated carbocycles. The van der Waals surface area contributed by atoms with Crippen molar-refractivity contribution >= 4 is 10.8 Å². The summed E-state index contributed by atoms with van der Waals surface area (Å²) in [6.45, 7) is 4.90. The fourth-order valence-corrected chi connectivity index (χ4v) is 2.33. The number of hydrogen-bond acceptors (Lipinski definition) is 3. The van der Waals surface area contributed by atoms with Crippen molar-refractivity contribution in [2.24, 2.45) is 0 Å². The van der Waals surface area contributed by atoms with Gasteiger partial charge in [-0.15, -0.1) is 0 Å². The van der Waals surface area contributed by atoms with Crippen LogP contribution in [0.1, 0.15) is 38.3 Å². The molecule has 0 aliphatic heterocycles. The van der Waals surface area contributed by atoms with Gasteiger partial charge in [-0.25, -0.2) is 0 Å². The zero-order valence-corrected chi connectivity index (χ0v) is 12.2. The molecule has 0 radical (unpaired) electrons. The summed E-state index contributed by atoms with van der Waals surface area (Å²) in [5.74, 6) is 0.337. The zero-order valence-electron chi connectivity index (χ0n) is 11.3. The van der Waals surface area contributed by atoms with E-state index in [1.165, 1.54) is 0 Å². The normalized spacial score (nSPS) is 16.2. The van der Waals surface area contributed by atoms with Crippen LogP contribution in [0.25, 0.3) is 0 Å². The van der Waals surface area contributed by atoms with Crippen molar-refractivity contribution in [2.75, 3.05) is 12.8 Å². The van der Waals surface area contributed by atoms with Gasteiger partial charge < -0.3 is 10.4 Å². The number of phenolic OH excluding ortho intramolecular Hbond substituents is 1. The lowest BCUT2D eigenvalue weighted by Gasteiger charge is -2.19. The van der Waals surface area contributed by atoms with Gasteiger partial charge in [-0.05, 0) is 25.5 Å². The molecular formula is C14H23NO2S. The van der Waals surface area contributed by atoms with E-state index in [0.29, 0.717) is 5.75 Å². The van der Waals surface area contributed by atoms with Gasteiger partial charge in [0.1, 0.15) is 5.75 Å². The molecule has 1 aromatic rings. The minimum Gasteiger partial charge on any atom is -0.508 e. The molecular weight excluding hydrogens is 246 g/mol. The number of phenols is 1. The van der Waals surface area contributed by atoms with Crippen LogP contribution in [-0.4, -0.2) is 27.4 Å². The third-order valence-corrected chi connectivity index (χ3v) is 4.60. The fraction of sp³-hybridized carbons (Fsp3) is 0.571. The van der Waals surface area contributed by atoms with Gasteiger partial charge in [-0.3, -0.25) is 4.21 Å². The first-order chi connectivity index (χ1) is 8.56. The van der Waals surface area contributed by atoms with Crippen molar-refractivity contribution in [2.45, 2.75) is 38.0 Å². The third kappa shape index (κ3) is 4.42. The average Bonchev–Trinajstić information content (AvgIpc) is 2.35. The Labute approximate surface area is 112 Å². The van der Waals surface area contributed by atoms with E-state index in [0.717, 1.165) is 24.9 Å². The maximum absolute atomic E-state index is 11.3. The zero-order chi connectivity index (χ0) is 13.5. The Hall–Kier alpha value is -0.870. The van der Waals surface area contributed by atoms with Crippen LogP contribution in [0.2, 0.25) is 0 Å². The lowest BCUT2D eigenvalue weighted by atomic mass is 10.0. The second kappa shape index (κ2) is 7.54. The van der Waals surface area contributed by atoms with Gasteiger partial charge in [0, 0.05) is 33.9 Å². The topological polar surface area (TPSA) is 49.3 Å². The highest BCUT2D eigenvalue weighted by Crippen LogP contribution is 2.25. The lowest BCUT2D eigenvalue weighted by Crippen LogP contribution is -2.25. The molecule has 3 atom stereocenters. The van der Waals surface area contributed by atoms with Crippen molar-refractivity contribution in [3.05, 3.63) is 29.8 Å². The molecule has 18 heavy (non-hydrogen) atoms. The number of nitrogens with one attached hydrogen (secondary N) is 1. The molecule has 4 heteroatoms. The van der Waals surface area contributed by atoms with Crippen molar-refractivity contribution in [3.8, 4) is 5.75 Å². The summed E-state index contributed by atoms with van der Waals surface area (Å²) < 4.78 is 11.3. The van der Waals surface area contributed by atoms with Crippen molar-refractivity contribution in [3.63, 3.8) is 0 Å². The Morgan fingerprint density at radius 3 is 2.61 bits per heavy atom. The van der Waals surface area contributed by atoms with E-state index >= 15 is 0 Å². The largest absolute Gasteiger partial charge is 0.508 e. The van der Waals surface area contributed by atoms with E-state index in [4.69, 9.17) is 0 Å². The third-order valence-electron chi connectivity index (χ3n) is 3.23. The van der Waals surface area contributed by atoms with Gasteiger partial charge in [0.25, 0.3) is 0 Å². The van der Waals surface area contributed by atoms with E-state index < -0.39 is 10.8 Å². The van der Waals surface area contributed by atoms with Gasteiger partial charge in [-0.1, -0.05) is 32.0 Å². The predicted octanol–water partition coefficient (Wildman–Crippen LogP) is 2.59. The minimum atomic E-state index is -0.765. The van der Waals surface area contributed by atoms with Gasteiger partial charge in [0.15, 0.2) is 0 Å². The molecule has 0 heterocycles. The molecule has 0 bridgehead atoms. The van der Waals surface area contributed by atoms with Crippen LogP contribution in [0, 0.1) is 0 Å². The fourth-order valence-electron chi connectivity index (χ4n) is 1.88. The van der Waals surface area contributed by atoms with Crippen LogP contribution in [0.5, 0.6) is 5.75 Å². The molecule has 0 aromatic heterocycles. The highest BCUT2D eigenvalue weighted by atomic mass is 32.2. The van der Waals surface area contributed by atoms with E-state index in [1.807, 2.05) is 25.1 Å². The van der Waals surface area contributed by atoms with Crippen LogP contribution >= 0.6 is 0 Å². The Bertz CT molecular complexity index is 395. The SMILES string of the molecule is CCC(NCCC(C)S(C)=O)c1ccccc1O. The van der Waals surface area contributed by atoms with Gasteiger partial charge in [0.2, 0.25) is 0 Å². The van der Waals surface area contributed by atoms with Gasteiger partial charge >= 0.3 is 0 Å². The molecule has 0 fully saturated rings. The summed E-state index contributed by atoms with van der Waals surface area (Å²) in [5, 5.41) is 13.4. The summed E-state index contributed by atoms with van der Waals surface area (Å²) in [6.07, 6.45) is 3.54. The van der Waals surface area contributed by atoms with Gasteiger partial charge in [-0.2, -0.15) is 0 Å². The summed E-state index contributed by atoms with van der Waals surface area (Å²) >= 11 is 0. The average molecular weight is 269 g/mol. The van der Waals surface area contributed by atoms with E-state index in [-0.39, 0.29) is 11.3 Å².